The van der Waals surface area contributed by atoms with Crippen molar-refractivity contribution in [1.29, 1.82) is 0 Å². The van der Waals surface area contributed by atoms with E-state index in [1.807, 2.05) is 38.1 Å². The van der Waals surface area contributed by atoms with E-state index < -0.39 is 6.10 Å². The van der Waals surface area contributed by atoms with E-state index in [0.29, 0.717) is 13.0 Å². The van der Waals surface area contributed by atoms with Crippen molar-refractivity contribution in [2.45, 2.75) is 39.7 Å². The average Bonchev–Trinajstić information content (AvgIpc) is 2.46. The Labute approximate surface area is 121 Å². The number of benzene rings is 1. The fourth-order valence-electron chi connectivity index (χ4n) is 1.85. The van der Waals surface area contributed by atoms with Gasteiger partial charge in [0.2, 0.25) is 0 Å². The number of hydrogen-bond acceptors (Lipinski definition) is 3. The lowest BCUT2D eigenvalue weighted by Gasteiger charge is -2.18. The first-order valence-corrected chi connectivity index (χ1v) is 7.39. The molecular weight excluding hydrogens is 252 g/mol. The van der Waals surface area contributed by atoms with Crippen molar-refractivity contribution in [2.24, 2.45) is 0 Å². The molecule has 4 nitrogen and oxygen atoms in total. The summed E-state index contributed by atoms with van der Waals surface area (Å²) >= 11 is 0. The summed E-state index contributed by atoms with van der Waals surface area (Å²) < 4.78 is 5.80. The minimum atomic E-state index is -0.428. The number of nitrogens with one attached hydrogen (secondary N) is 2. The molecule has 1 aromatic rings. The van der Waals surface area contributed by atoms with Gasteiger partial charge in [-0.2, -0.15) is 0 Å². The first-order chi connectivity index (χ1) is 9.69. The third kappa shape index (κ3) is 5.61. The molecular formula is C16H26N2O2. The summed E-state index contributed by atoms with van der Waals surface area (Å²) in [6.45, 7) is 8.46. The van der Waals surface area contributed by atoms with Crippen molar-refractivity contribution in [3.63, 3.8) is 0 Å². The van der Waals surface area contributed by atoms with E-state index in [-0.39, 0.29) is 5.91 Å². The second kappa shape index (κ2) is 9.37. The van der Waals surface area contributed by atoms with Gasteiger partial charge in [0.15, 0.2) is 6.10 Å². The van der Waals surface area contributed by atoms with E-state index in [9.17, 15) is 4.79 Å². The van der Waals surface area contributed by atoms with Crippen LogP contribution in [0.1, 0.15) is 32.3 Å². The predicted octanol–water partition coefficient (Wildman–Crippen LogP) is 2.27. The lowest BCUT2D eigenvalue weighted by Crippen LogP contribution is -2.41. The molecule has 0 aromatic heterocycles. The van der Waals surface area contributed by atoms with Crippen LogP contribution >= 0.6 is 0 Å². The number of amides is 1. The molecule has 1 unspecified atom stereocenters. The molecule has 0 saturated carbocycles. The van der Waals surface area contributed by atoms with E-state index in [1.165, 1.54) is 0 Å². The molecule has 2 N–H and O–H groups in total. The highest BCUT2D eigenvalue weighted by Gasteiger charge is 2.18. The maximum absolute atomic E-state index is 12.1. The molecule has 20 heavy (non-hydrogen) atoms. The Bertz CT molecular complexity index is 407. The van der Waals surface area contributed by atoms with Crippen molar-refractivity contribution in [2.75, 3.05) is 19.6 Å². The van der Waals surface area contributed by atoms with Gasteiger partial charge in [-0.05, 0) is 37.9 Å². The van der Waals surface area contributed by atoms with Gasteiger partial charge in [-0.15, -0.1) is 0 Å². The van der Waals surface area contributed by atoms with Gasteiger partial charge in [-0.3, -0.25) is 4.79 Å². The summed E-state index contributed by atoms with van der Waals surface area (Å²) in [6, 6.07) is 7.76. The summed E-state index contributed by atoms with van der Waals surface area (Å²) in [5.41, 5.74) is 1.04. The Balaban J connectivity index is 2.41. The van der Waals surface area contributed by atoms with Crippen LogP contribution in [0, 0.1) is 6.92 Å². The van der Waals surface area contributed by atoms with Crippen molar-refractivity contribution >= 4 is 5.91 Å². The Hall–Kier alpha value is -1.55. The second-order valence-corrected chi connectivity index (χ2v) is 4.82. The van der Waals surface area contributed by atoms with Gasteiger partial charge in [0.05, 0.1) is 0 Å². The molecule has 4 heteroatoms. The van der Waals surface area contributed by atoms with Crippen molar-refractivity contribution in [1.82, 2.24) is 10.6 Å². The Kier molecular flexibility index (Phi) is 7.73. The molecule has 1 amide bonds. The van der Waals surface area contributed by atoms with Crippen LogP contribution in [-0.4, -0.2) is 31.6 Å². The first kappa shape index (κ1) is 16.5. The number of para-hydroxylation sites is 1. The van der Waals surface area contributed by atoms with Gasteiger partial charge in [0.1, 0.15) is 5.75 Å². The summed E-state index contributed by atoms with van der Waals surface area (Å²) in [5, 5.41) is 6.16. The molecule has 0 heterocycles. The van der Waals surface area contributed by atoms with Gasteiger partial charge in [-0.1, -0.05) is 32.0 Å². The van der Waals surface area contributed by atoms with Crippen LogP contribution in [-0.2, 0) is 4.79 Å². The molecule has 0 aliphatic carbocycles. The van der Waals surface area contributed by atoms with Crippen molar-refractivity contribution in [3.8, 4) is 5.75 Å². The van der Waals surface area contributed by atoms with Crippen LogP contribution in [0.4, 0.5) is 0 Å². The van der Waals surface area contributed by atoms with Gasteiger partial charge in [-0.25, -0.2) is 0 Å². The highest BCUT2D eigenvalue weighted by atomic mass is 16.5. The van der Waals surface area contributed by atoms with E-state index in [4.69, 9.17) is 4.74 Å². The minimum Gasteiger partial charge on any atom is -0.480 e. The van der Waals surface area contributed by atoms with Gasteiger partial charge in [0.25, 0.3) is 5.91 Å². The SMILES string of the molecule is CCCNCCNC(=O)C(CC)Oc1ccccc1C. The first-order valence-electron chi connectivity index (χ1n) is 7.39. The summed E-state index contributed by atoms with van der Waals surface area (Å²) in [4.78, 5) is 12.1. The highest BCUT2D eigenvalue weighted by Crippen LogP contribution is 2.18. The zero-order chi connectivity index (χ0) is 14.8. The smallest absolute Gasteiger partial charge is 0.261 e. The van der Waals surface area contributed by atoms with Crippen LogP contribution in [0.5, 0.6) is 5.75 Å². The molecule has 0 saturated heterocycles. The number of ether oxygens (including phenoxy) is 1. The largest absolute Gasteiger partial charge is 0.480 e. The Morgan fingerprint density at radius 1 is 1.20 bits per heavy atom. The molecule has 1 atom stereocenters. The predicted molar refractivity (Wildman–Crippen MR) is 82.1 cm³/mol. The van der Waals surface area contributed by atoms with Crippen LogP contribution in [0.25, 0.3) is 0 Å². The standard InChI is InChI=1S/C16H26N2O2/c1-4-10-17-11-12-18-16(19)14(5-2)20-15-9-7-6-8-13(15)3/h6-9,14,17H,4-5,10-12H2,1-3H3,(H,18,19). The molecule has 0 aliphatic rings. The van der Waals surface area contributed by atoms with Crippen molar-refractivity contribution < 1.29 is 9.53 Å². The monoisotopic (exact) mass is 278 g/mol. The maximum atomic E-state index is 12.1. The van der Waals surface area contributed by atoms with Crippen LogP contribution in [0.2, 0.25) is 0 Å². The van der Waals surface area contributed by atoms with E-state index in [1.54, 1.807) is 0 Å². The lowest BCUT2D eigenvalue weighted by atomic mass is 10.2. The fourth-order valence-corrected chi connectivity index (χ4v) is 1.85. The highest BCUT2D eigenvalue weighted by molar-refractivity contribution is 5.81. The Morgan fingerprint density at radius 2 is 1.95 bits per heavy atom. The van der Waals surface area contributed by atoms with E-state index >= 15 is 0 Å². The minimum absolute atomic E-state index is 0.0472. The summed E-state index contributed by atoms with van der Waals surface area (Å²) in [5.74, 6) is 0.729. The van der Waals surface area contributed by atoms with Crippen LogP contribution in [0.15, 0.2) is 24.3 Å². The molecule has 0 spiro atoms. The third-order valence-corrected chi connectivity index (χ3v) is 3.05. The topological polar surface area (TPSA) is 50.4 Å². The average molecular weight is 278 g/mol. The number of rotatable bonds is 9. The second-order valence-electron chi connectivity index (χ2n) is 4.82. The number of aryl methyl sites for hydroxylation is 1. The zero-order valence-corrected chi connectivity index (χ0v) is 12.7. The summed E-state index contributed by atoms with van der Waals surface area (Å²) in [6.07, 6.45) is 1.33. The number of carbonyl (C=O) groups is 1. The van der Waals surface area contributed by atoms with Crippen molar-refractivity contribution in [3.05, 3.63) is 29.8 Å². The normalized spacial score (nSPS) is 11.9. The van der Waals surface area contributed by atoms with E-state index in [2.05, 4.69) is 17.6 Å². The summed E-state index contributed by atoms with van der Waals surface area (Å²) in [7, 11) is 0. The van der Waals surface area contributed by atoms with Gasteiger partial charge >= 0.3 is 0 Å². The molecule has 0 fully saturated rings. The third-order valence-electron chi connectivity index (χ3n) is 3.05. The number of carbonyl (C=O) groups excluding carboxylic acids is 1. The molecule has 0 aliphatic heterocycles. The number of hydrogen-bond donors (Lipinski definition) is 2. The molecule has 1 rings (SSSR count). The quantitative estimate of drug-likeness (QED) is 0.681. The molecule has 0 radical (unpaired) electrons. The van der Waals surface area contributed by atoms with Gasteiger partial charge < -0.3 is 15.4 Å². The maximum Gasteiger partial charge on any atom is 0.261 e. The van der Waals surface area contributed by atoms with Crippen LogP contribution < -0.4 is 15.4 Å². The van der Waals surface area contributed by atoms with Crippen LogP contribution in [0.3, 0.4) is 0 Å². The van der Waals surface area contributed by atoms with Gasteiger partial charge in [0, 0.05) is 13.1 Å². The molecule has 1 aromatic carbocycles. The lowest BCUT2D eigenvalue weighted by molar-refractivity contribution is -0.128. The molecule has 112 valence electrons. The van der Waals surface area contributed by atoms with E-state index in [0.717, 1.165) is 30.8 Å². The fraction of sp³-hybridized carbons (Fsp3) is 0.562. The molecule has 0 bridgehead atoms. The Morgan fingerprint density at radius 3 is 2.60 bits per heavy atom. The zero-order valence-electron chi connectivity index (χ0n) is 12.7.